The first-order chi connectivity index (χ1) is 14.1. The molecular weight excluding hydrogens is 388 g/mol. The third kappa shape index (κ3) is 4.41. The van der Waals surface area contributed by atoms with Crippen molar-refractivity contribution in [2.75, 3.05) is 0 Å². The predicted molar refractivity (Wildman–Crippen MR) is 112 cm³/mol. The fourth-order valence-electron chi connectivity index (χ4n) is 2.99. The van der Waals surface area contributed by atoms with Crippen molar-refractivity contribution in [3.8, 4) is 5.75 Å². The summed E-state index contributed by atoms with van der Waals surface area (Å²) in [7, 11) is 0. The topological polar surface area (TPSA) is 51.1 Å². The largest absolute Gasteiger partial charge is 0.489 e. The highest BCUT2D eigenvalue weighted by Crippen LogP contribution is 2.31. The van der Waals surface area contributed by atoms with Gasteiger partial charge in [-0.15, -0.1) is 5.10 Å². The second-order valence-corrected chi connectivity index (χ2v) is 7.03. The van der Waals surface area contributed by atoms with E-state index in [0.717, 1.165) is 16.9 Å². The maximum atomic E-state index is 12.1. The monoisotopic (exact) mass is 406 g/mol. The molecule has 0 aliphatic carbocycles. The molecule has 3 aromatic carbocycles. The summed E-state index contributed by atoms with van der Waals surface area (Å²) < 4.78 is 11.8. The average Bonchev–Trinajstić information content (AvgIpc) is 3.19. The van der Waals surface area contributed by atoms with Crippen molar-refractivity contribution < 1.29 is 14.3 Å². The van der Waals surface area contributed by atoms with E-state index in [9.17, 15) is 4.79 Å². The molecule has 0 spiro atoms. The molecule has 4 rings (SSSR count). The van der Waals surface area contributed by atoms with Gasteiger partial charge in [0.1, 0.15) is 12.4 Å². The van der Waals surface area contributed by atoms with Crippen LogP contribution in [0.1, 0.15) is 29.8 Å². The number of hydrogen-bond acceptors (Lipinski definition) is 4. The summed E-state index contributed by atoms with van der Waals surface area (Å²) in [4.78, 5) is 12.1. The number of halogens is 1. The van der Waals surface area contributed by atoms with E-state index in [2.05, 4.69) is 5.10 Å². The fraction of sp³-hybridized carbons (Fsp3) is 0.130. The van der Waals surface area contributed by atoms with Gasteiger partial charge in [0.2, 0.25) is 18.0 Å². The molecule has 0 N–H and O–H groups in total. The number of benzene rings is 3. The summed E-state index contributed by atoms with van der Waals surface area (Å²) in [5.74, 6) is 0.884. The molecule has 0 radical (unpaired) electrons. The highest BCUT2D eigenvalue weighted by Gasteiger charge is 2.33. The molecule has 1 amide bonds. The number of hydrogen-bond donors (Lipinski definition) is 0. The third-order valence-electron chi connectivity index (χ3n) is 4.45. The number of amides is 1. The fourth-order valence-corrected chi connectivity index (χ4v) is 3.18. The molecule has 1 atom stereocenters. The lowest BCUT2D eigenvalue weighted by molar-refractivity contribution is -0.135. The molecule has 1 aliphatic heterocycles. The first kappa shape index (κ1) is 19.0. The minimum Gasteiger partial charge on any atom is -0.489 e. The zero-order valence-corrected chi connectivity index (χ0v) is 16.5. The average molecular weight is 407 g/mol. The van der Waals surface area contributed by atoms with Crippen LogP contribution in [0.3, 0.4) is 0 Å². The van der Waals surface area contributed by atoms with Crippen molar-refractivity contribution in [1.82, 2.24) is 5.01 Å². The molecule has 29 heavy (non-hydrogen) atoms. The van der Waals surface area contributed by atoms with Gasteiger partial charge in [-0.05, 0) is 48.0 Å². The van der Waals surface area contributed by atoms with Crippen LogP contribution in [0.15, 0.2) is 84.0 Å². The second-order valence-electron chi connectivity index (χ2n) is 6.59. The number of nitrogens with zero attached hydrogens (tertiary/aromatic N) is 2. The van der Waals surface area contributed by atoms with Gasteiger partial charge in [0, 0.05) is 23.1 Å². The Balaban J connectivity index is 1.49. The highest BCUT2D eigenvalue weighted by molar-refractivity contribution is 6.31. The Kier molecular flexibility index (Phi) is 5.49. The number of carbonyl (C=O) groups excluding carboxylic acids is 1. The summed E-state index contributed by atoms with van der Waals surface area (Å²) in [6.07, 6.45) is -0.635. The quantitative estimate of drug-likeness (QED) is 0.588. The predicted octanol–water partition coefficient (Wildman–Crippen LogP) is 5.16. The summed E-state index contributed by atoms with van der Waals surface area (Å²) >= 11 is 6.06. The maximum absolute atomic E-state index is 12.1. The SMILES string of the molecule is CC(=O)N1N=C(c2cccc(Cl)c2)O[C@@H]1c1ccc(OCc2ccccc2)cc1. The van der Waals surface area contributed by atoms with Crippen molar-refractivity contribution in [1.29, 1.82) is 0 Å². The van der Waals surface area contributed by atoms with Crippen LogP contribution in [0.2, 0.25) is 5.02 Å². The van der Waals surface area contributed by atoms with Crippen LogP contribution in [0.5, 0.6) is 5.75 Å². The van der Waals surface area contributed by atoms with Gasteiger partial charge < -0.3 is 9.47 Å². The Bertz CT molecular complexity index is 1040. The third-order valence-corrected chi connectivity index (χ3v) is 4.69. The molecule has 0 saturated heterocycles. The molecule has 6 heteroatoms. The Morgan fingerprint density at radius 2 is 1.83 bits per heavy atom. The zero-order valence-electron chi connectivity index (χ0n) is 15.8. The number of rotatable bonds is 5. The Morgan fingerprint density at radius 3 is 2.52 bits per heavy atom. The normalized spacial score (nSPS) is 15.6. The van der Waals surface area contributed by atoms with E-state index in [1.165, 1.54) is 11.9 Å². The molecule has 1 heterocycles. The number of hydrazone groups is 1. The van der Waals surface area contributed by atoms with Gasteiger partial charge in [0.15, 0.2) is 0 Å². The van der Waals surface area contributed by atoms with E-state index in [4.69, 9.17) is 21.1 Å². The molecule has 0 fully saturated rings. The number of carbonyl (C=O) groups is 1. The van der Waals surface area contributed by atoms with Crippen LogP contribution in [-0.2, 0) is 16.1 Å². The lowest BCUT2D eigenvalue weighted by Gasteiger charge is -2.19. The van der Waals surface area contributed by atoms with Crippen LogP contribution in [0, 0.1) is 0 Å². The van der Waals surface area contributed by atoms with Crippen molar-refractivity contribution in [2.45, 2.75) is 19.8 Å². The van der Waals surface area contributed by atoms with Crippen molar-refractivity contribution in [2.24, 2.45) is 5.10 Å². The lowest BCUT2D eigenvalue weighted by Crippen LogP contribution is -2.25. The van der Waals surface area contributed by atoms with Crippen LogP contribution in [-0.4, -0.2) is 16.8 Å². The number of ether oxygens (including phenoxy) is 2. The molecule has 3 aromatic rings. The van der Waals surface area contributed by atoms with Crippen LogP contribution in [0.25, 0.3) is 0 Å². The highest BCUT2D eigenvalue weighted by atomic mass is 35.5. The van der Waals surface area contributed by atoms with Crippen molar-refractivity contribution in [3.63, 3.8) is 0 Å². The van der Waals surface area contributed by atoms with Gasteiger partial charge in [-0.3, -0.25) is 4.79 Å². The summed E-state index contributed by atoms with van der Waals surface area (Å²) in [5, 5.41) is 6.25. The summed E-state index contributed by atoms with van der Waals surface area (Å²) in [6.45, 7) is 1.94. The molecular formula is C23H19ClN2O3. The Hall–Kier alpha value is -3.31. The zero-order chi connectivity index (χ0) is 20.2. The molecule has 0 unspecified atom stereocenters. The van der Waals surface area contributed by atoms with Gasteiger partial charge in [-0.1, -0.05) is 48.0 Å². The minimum atomic E-state index is -0.635. The molecule has 146 valence electrons. The first-order valence-corrected chi connectivity index (χ1v) is 9.55. The summed E-state index contributed by atoms with van der Waals surface area (Å²) in [6, 6.07) is 24.6. The van der Waals surface area contributed by atoms with E-state index >= 15 is 0 Å². The van der Waals surface area contributed by atoms with Crippen LogP contribution in [0.4, 0.5) is 0 Å². The smallest absolute Gasteiger partial charge is 0.243 e. The lowest BCUT2D eigenvalue weighted by atomic mass is 10.2. The van der Waals surface area contributed by atoms with Crippen LogP contribution >= 0.6 is 11.6 Å². The van der Waals surface area contributed by atoms with Crippen molar-refractivity contribution in [3.05, 3.63) is 101 Å². The van der Waals surface area contributed by atoms with E-state index in [1.54, 1.807) is 12.1 Å². The minimum absolute atomic E-state index is 0.212. The van der Waals surface area contributed by atoms with Gasteiger partial charge in [0.25, 0.3) is 0 Å². The van der Waals surface area contributed by atoms with E-state index in [1.807, 2.05) is 66.7 Å². The maximum Gasteiger partial charge on any atom is 0.243 e. The van der Waals surface area contributed by atoms with Gasteiger partial charge in [-0.25, -0.2) is 0 Å². The summed E-state index contributed by atoms with van der Waals surface area (Å²) in [5.41, 5.74) is 2.61. The van der Waals surface area contributed by atoms with E-state index in [0.29, 0.717) is 23.1 Å². The molecule has 0 aromatic heterocycles. The van der Waals surface area contributed by atoms with Crippen molar-refractivity contribution >= 4 is 23.4 Å². The van der Waals surface area contributed by atoms with Gasteiger partial charge in [0.05, 0.1) is 0 Å². The van der Waals surface area contributed by atoms with E-state index < -0.39 is 6.23 Å². The second kappa shape index (κ2) is 8.37. The van der Waals surface area contributed by atoms with Gasteiger partial charge in [-0.2, -0.15) is 5.01 Å². The first-order valence-electron chi connectivity index (χ1n) is 9.18. The molecule has 0 bridgehead atoms. The Labute approximate surface area is 174 Å². The molecule has 5 nitrogen and oxygen atoms in total. The van der Waals surface area contributed by atoms with Gasteiger partial charge >= 0.3 is 0 Å². The molecule has 0 saturated carbocycles. The van der Waals surface area contributed by atoms with E-state index in [-0.39, 0.29) is 5.91 Å². The van der Waals surface area contributed by atoms with Crippen LogP contribution < -0.4 is 4.74 Å². The Morgan fingerprint density at radius 1 is 1.07 bits per heavy atom. The molecule has 1 aliphatic rings. The standard InChI is InChI=1S/C23H19ClN2O3/c1-16(27)26-23(29-22(25-26)19-8-5-9-20(24)14-19)18-10-12-21(13-11-18)28-15-17-6-3-2-4-7-17/h2-14,23H,15H2,1H3/t23-/m1/s1.